The van der Waals surface area contributed by atoms with Crippen molar-refractivity contribution in [2.75, 3.05) is 39.3 Å². The number of hydrogen-bond donors (Lipinski definition) is 0. The summed E-state index contributed by atoms with van der Waals surface area (Å²) in [6.07, 6.45) is 4.12. The van der Waals surface area contributed by atoms with Gasteiger partial charge in [-0.05, 0) is 37.3 Å². The molecule has 2 aliphatic heterocycles. The van der Waals surface area contributed by atoms with Gasteiger partial charge < -0.3 is 9.80 Å². The molecule has 2 heterocycles. The lowest BCUT2D eigenvalue weighted by molar-refractivity contribution is -0.132. The van der Waals surface area contributed by atoms with Crippen molar-refractivity contribution >= 4 is 21.8 Å². The third-order valence-electron chi connectivity index (χ3n) is 5.91. The molecule has 2 saturated heterocycles. The molecule has 2 aliphatic rings. The standard InChI is InChI=1S/C22H33N3O4S/c1-18(2)10-11-21(26)23-14-16-24(17-15-23)22(27)19-8-4-5-9-20(19)30(28,29)25-12-6-3-7-13-25/h4-5,8-9,18H,3,6-7,10-17H2,1-2H3. The Morgan fingerprint density at radius 3 is 2.13 bits per heavy atom. The van der Waals surface area contributed by atoms with Crippen molar-refractivity contribution < 1.29 is 18.0 Å². The van der Waals surface area contributed by atoms with Crippen molar-refractivity contribution in [3.05, 3.63) is 29.8 Å². The average Bonchev–Trinajstić information content (AvgIpc) is 2.77. The van der Waals surface area contributed by atoms with Gasteiger partial charge in [-0.2, -0.15) is 4.31 Å². The zero-order valence-electron chi connectivity index (χ0n) is 18.0. The van der Waals surface area contributed by atoms with Gasteiger partial charge in [-0.1, -0.05) is 32.4 Å². The second kappa shape index (κ2) is 9.92. The number of nitrogens with zero attached hydrogens (tertiary/aromatic N) is 3. The lowest BCUT2D eigenvalue weighted by atomic mass is 10.1. The molecule has 8 heteroatoms. The first-order valence-corrected chi connectivity index (χ1v) is 12.4. The minimum atomic E-state index is -3.69. The van der Waals surface area contributed by atoms with E-state index in [9.17, 15) is 18.0 Å². The van der Waals surface area contributed by atoms with E-state index in [1.54, 1.807) is 23.1 Å². The van der Waals surface area contributed by atoms with Crippen LogP contribution in [-0.4, -0.2) is 73.6 Å². The molecule has 0 spiro atoms. The van der Waals surface area contributed by atoms with Gasteiger partial charge in [0.15, 0.2) is 0 Å². The van der Waals surface area contributed by atoms with Crippen LogP contribution < -0.4 is 0 Å². The molecule has 0 saturated carbocycles. The second-order valence-corrected chi connectivity index (χ2v) is 10.5. The summed E-state index contributed by atoms with van der Waals surface area (Å²) >= 11 is 0. The van der Waals surface area contributed by atoms with Gasteiger partial charge in [0.1, 0.15) is 0 Å². The number of piperidine rings is 1. The van der Waals surface area contributed by atoms with Crippen molar-refractivity contribution in [3.63, 3.8) is 0 Å². The van der Waals surface area contributed by atoms with Crippen LogP contribution in [0.3, 0.4) is 0 Å². The van der Waals surface area contributed by atoms with E-state index in [1.807, 2.05) is 4.90 Å². The molecule has 30 heavy (non-hydrogen) atoms. The Morgan fingerprint density at radius 1 is 0.900 bits per heavy atom. The molecular weight excluding hydrogens is 402 g/mol. The van der Waals surface area contributed by atoms with E-state index in [2.05, 4.69) is 13.8 Å². The van der Waals surface area contributed by atoms with Gasteiger partial charge >= 0.3 is 0 Å². The molecule has 0 N–H and O–H groups in total. The fraction of sp³-hybridized carbons (Fsp3) is 0.636. The van der Waals surface area contributed by atoms with Gasteiger partial charge in [-0.3, -0.25) is 9.59 Å². The summed E-state index contributed by atoms with van der Waals surface area (Å²) in [6, 6.07) is 6.50. The van der Waals surface area contributed by atoms with Gasteiger partial charge in [0, 0.05) is 45.7 Å². The predicted octanol–water partition coefficient (Wildman–Crippen LogP) is 2.58. The molecule has 1 aromatic rings. The Labute approximate surface area is 180 Å². The Morgan fingerprint density at radius 2 is 1.50 bits per heavy atom. The number of carbonyl (C=O) groups is 2. The van der Waals surface area contributed by atoms with Crippen LogP contribution in [0.2, 0.25) is 0 Å². The molecule has 2 amide bonds. The van der Waals surface area contributed by atoms with E-state index < -0.39 is 10.0 Å². The molecule has 2 fully saturated rings. The molecule has 0 unspecified atom stereocenters. The monoisotopic (exact) mass is 435 g/mol. The second-order valence-electron chi connectivity index (χ2n) is 8.57. The van der Waals surface area contributed by atoms with Crippen molar-refractivity contribution in [1.82, 2.24) is 14.1 Å². The van der Waals surface area contributed by atoms with Crippen LogP contribution >= 0.6 is 0 Å². The normalized spacial score (nSPS) is 18.6. The first-order chi connectivity index (χ1) is 14.3. The molecule has 0 radical (unpaired) electrons. The summed E-state index contributed by atoms with van der Waals surface area (Å²) in [5, 5.41) is 0. The Balaban J connectivity index is 1.69. The SMILES string of the molecule is CC(C)CCC(=O)N1CCN(C(=O)c2ccccc2S(=O)(=O)N2CCCCC2)CC1. The van der Waals surface area contributed by atoms with Gasteiger partial charge in [-0.15, -0.1) is 0 Å². The Hall–Kier alpha value is -1.93. The number of sulfonamides is 1. The highest BCUT2D eigenvalue weighted by Gasteiger charge is 2.32. The van der Waals surface area contributed by atoms with Crippen LogP contribution in [0, 0.1) is 5.92 Å². The van der Waals surface area contributed by atoms with Crippen LogP contribution in [0.1, 0.15) is 56.3 Å². The maximum atomic E-state index is 13.2. The molecule has 7 nitrogen and oxygen atoms in total. The molecule has 0 atom stereocenters. The Kier molecular flexibility index (Phi) is 7.52. The smallest absolute Gasteiger partial charge is 0.255 e. The molecule has 166 valence electrons. The maximum absolute atomic E-state index is 13.2. The zero-order valence-corrected chi connectivity index (χ0v) is 18.9. The number of amides is 2. The summed E-state index contributed by atoms with van der Waals surface area (Å²) in [5.41, 5.74) is 0.225. The number of benzene rings is 1. The quantitative estimate of drug-likeness (QED) is 0.688. The first kappa shape index (κ1) is 22.7. The minimum absolute atomic E-state index is 0.0901. The van der Waals surface area contributed by atoms with Gasteiger partial charge in [-0.25, -0.2) is 8.42 Å². The predicted molar refractivity (Wildman–Crippen MR) is 116 cm³/mol. The fourth-order valence-electron chi connectivity index (χ4n) is 4.01. The van der Waals surface area contributed by atoms with Crippen molar-refractivity contribution in [2.24, 2.45) is 5.92 Å². The molecule has 0 aromatic heterocycles. The zero-order chi connectivity index (χ0) is 21.7. The molecule has 1 aromatic carbocycles. The van der Waals surface area contributed by atoms with Crippen LogP contribution in [0.15, 0.2) is 29.2 Å². The minimum Gasteiger partial charge on any atom is -0.339 e. The number of rotatable bonds is 6. The summed E-state index contributed by atoms with van der Waals surface area (Å²) in [6.45, 7) is 7.02. The largest absolute Gasteiger partial charge is 0.339 e. The van der Waals surface area contributed by atoms with Gasteiger partial charge in [0.2, 0.25) is 15.9 Å². The van der Waals surface area contributed by atoms with Crippen LogP contribution in [0.25, 0.3) is 0 Å². The van der Waals surface area contributed by atoms with Crippen molar-refractivity contribution in [3.8, 4) is 0 Å². The molecular formula is C22H33N3O4S. The van der Waals surface area contributed by atoms with Crippen molar-refractivity contribution in [2.45, 2.75) is 50.8 Å². The number of hydrogen-bond acceptors (Lipinski definition) is 4. The van der Waals surface area contributed by atoms with E-state index in [0.717, 1.165) is 25.7 Å². The summed E-state index contributed by atoms with van der Waals surface area (Å²) in [7, 11) is -3.69. The lowest BCUT2D eigenvalue weighted by Crippen LogP contribution is -2.50. The molecule has 3 rings (SSSR count). The van der Waals surface area contributed by atoms with E-state index in [1.165, 1.54) is 10.4 Å². The van der Waals surface area contributed by atoms with Crippen LogP contribution in [0.5, 0.6) is 0 Å². The summed E-state index contributed by atoms with van der Waals surface area (Å²) < 4.78 is 27.8. The van der Waals surface area contributed by atoms with E-state index >= 15 is 0 Å². The third-order valence-corrected chi connectivity index (χ3v) is 7.86. The van der Waals surface area contributed by atoms with Gasteiger partial charge in [0.25, 0.3) is 5.91 Å². The van der Waals surface area contributed by atoms with Gasteiger partial charge in [0.05, 0.1) is 10.5 Å². The third kappa shape index (κ3) is 5.21. The van der Waals surface area contributed by atoms with E-state index in [0.29, 0.717) is 51.6 Å². The number of piperazine rings is 1. The van der Waals surface area contributed by atoms with Crippen LogP contribution in [0.4, 0.5) is 0 Å². The number of carbonyl (C=O) groups excluding carboxylic acids is 2. The first-order valence-electron chi connectivity index (χ1n) is 11.0. The van der Waals surface area contributed by atoms with E-state index in [-0.39, 0.29) is 22.3 Å². The van der Waals surface area contributed by atoms with E-state index in [4.69, 9.17) is 0 Å². The summed E-state index contributed by atoms with van der Waals surface area (Å²) in [4.78, 5) is 29.1. The molecule has 0 bridgehead atoms. The highest BCUT2D eigenvalue weighted by Crippen LogP contribution is 2.25. The highest BCUT2D eigenvalue weighted by atomic mass is 32.2. The Bertz CT molecular complexity index is 855. The topological polar surface area (TPSA) is 78.0 Å². The maximum Gasteiger partial charge on any atom is 0.255 e. The fourth-order valence-corrected chi connectivity index (χ4v) is 5.71. The lowest BCUT2D eigenvalue weighted by Gasteiger charge is -2.35. The highest BCUT2D eigenvalue weighted by molar-refractivity contribution is 7.89. The summed E-state index contributed by atoms with van der Waals surface area (Å²) in [5.74, 6) is 0.333. The van der Waals surface area contributed by atoms with Crippen molar-refractivity contribution in [1.29, 1.82) is 0 Å². The average molecular weight is 436 g/mol. The van der Waals surface area contributed by atoms with Crippen LogP contribution in [-0.2, 0) is 14.8 Å². The molecule has 0 aliphatic carbocycles.